The van der Waals surface area contributed by atoms with Crippen LogP contribution in [0.5, 0.6) is 0 Å². The normalized spacial score (nSPS) is 19.6. The van der Waals surface area contributed by atoms with E-state index < -0.39 is 0 Å². The van der Waals surface area contributed by atoms with Crippen LogP contribution in [-0.4, -0.2) is 66.1 Å². The van der Waals surface area contributed by atoms with Crippen LogP contribution in [0.25, 0.3) is 0 Å². The van der Waals surface area contributed by atoms with Crippen LogP contribution in [0.15, 0.2) is 0 Å². The Morgan fingerprint density at radius 1 is 0.381 bits per heavy atom. The highest BCUT2D eigenvalue weighted by Gasteiger charge is 2.41. The van der Waals surface area contributed by atoms with Crippen LogP contribution in [0.3, 0.4) is 0 Å². The molecule has 0 fully saturated rings. The minimum absolute atomic E-state index is 0.0812. The summed E-state index contributed by atoms with van der Waals surface area (Å²) in [6.07, 6.45) is -0.910. The van der Waals surface area contributed by atoms with E-state index in [1.807, 2.05) is 0 Å². The summed E-state index contributed by atoms with van der Waals surface area (Å²) in [6.45, 7) is 8.41. The van der Waals surface area contributed by atoms with Crippen LogP contribution in [0.4, 0.5) is 0 Å². The molecular weight excluding hydrogens is 272 g/mol. The molecule has 0 aliphatic heterocycles. The molecule has 0 aliphatic carbocycles. The zero-order chi connectivity index (χ0) is 16.6. The summed E-state index contributed by atoms with van der Waals surface area (Å²) in [7, 11) is 8.41. The zero-order valence-electron chi connectivity index (χ0n) is 15.1. The van der Waals surface area contributed by atoms with Crippen molar-refractivity contribution in [3.8, 4) is 0 Å². The van der Waals surface area contributed by atoms with E-state index in [4.69, 9.17) is 23.7 Å². The molecule has 0 spiro atoms. The smallest absolute Gasteiger partial charge is 0.114 e. The summed E-state index contributed by atoms with van der Waals surface area (Å²) in [5.41, 5.74) is 0. The summed E-state index contributed by atoms with van der Waals surface area (Å²) in [5, 5.41) is 0. The first-order valence-electron chi connectivity index (χ1n) is 7.53. The van der Waals surface area contributed by atoms with Crippen molar-refractivity contribution >= 4 is 0 Å². The van der Waals surface area contributed by atoms with E-state index in [-0.39, 0.29) is 30.5 Å². The molecule has 0 heterocycles. The predicted octanol–water partition coefficient (Wildman–Crippen LogP) is 2.37. The molecule has 0 aromatic heterocycles. The molecule has 128 valence electrons. The van der Waals surface area contributed by atoms with E-state index in [1.165, 1.54) is 0 Å². The van der Waals surface area contributed by atoms with Gasteiger partial charge in [-0.1, -0.05) is 27.7 Å². The van der Waals surface area contributed by atoms with Crippen molar-refractivity contribution in [3.05, 3.63) is 0 Å². The highest BCUT2D eigenvalue weighted by molar-refractivity contribution is 4.91. The largest absolute Gasteiger partial charge is 0.378 e. The number of ether oxygens (including phenoxy) is 5. The second-order valence-electron chi connectivity index (χ2n) is 5.99. The lowest BCUT2D eigenvalue weighted by Gasteiger charge is -2.40. The van der Waals surface area contributed by atoms with Gasteiger partial charge < -0.3 is 23.7 Å². The minimum atomic E-state index is -0.278. The van der Waals surface area contributed by atoms with E-state index in [1.54, 1.807) is 35.5 Å². The van der Waals surface area contributed by atoms with Gasteiger partial charge in [0.15, 0.2) is 0 Å². The van der Waals surface area contributed by atoms with Gasteiger partial charge >= 0.3 is 0 Å². The Kier molecular flexibility index (Phi) is 10.4. The van der Waals surface area contributed by atoms with E-state index in [0.717, 1.165) is 0 Å². The number of hydrogen-bond acceptors (Lipinski definition) is 5. The fourth-order valence-corrected chi connectivity index (χ4v) is 2.94. The predicted molar refractivity (Wildman–Crippen MR) is 83.7 cm³/mol. The van der Waals surface area contributed by atoms with E-state index in [2.05, 4.69) is 27.7 Å². The van der Waals surface area contributed by atoms with Crippen molar-refractivity contribution in [3.63, 3.8) is 0 Å². The molecule has 5 heteroatoms. The quantitative estimate of drug-likeness (QED) is 0.586. The van der Waals surface area contributed by atoms with Crippen molar-refractivity contribution < 1.29 is 23.7 Å². The van der Waals surface area contributed by atoms with Gasteiger partial charge in [0.1, 0.15) is 18.3 Å². The molecule has 0 amide bonds. The number of rotatable bonds is 11. The molecule has 0 aliphatic rings. The molecule has 0 saturated heterocycles. The fourth-order valence-electron chi connectivity index (χ4n) is 2.94. The van der Waals surface area contributed by atoms with Crippen molar-refractivity contribution in [2.24, 2.45) is 11.8 Å². The molecule has 21 heavy (non-hydrogen) atoms. The van der Waals surface area contributed by atoms with E-state index in [0.29, 0.717) is 11.8 Å². The Balaban J connectivity index is 5.38. The zero-order valence-corrected chi connectivity index (χ0v) is 15.1. The molecule has 0 bridgehead atoms. The van der Waals surface area contributed by atoms with Gasteiger partial charge in [-0.2, -0.15) is 0 Å². The van der Waals surface area contributed by atoms with Gasteiger partial charge in [-0.3, -0.25) is 0 Å². The highest BCUT2D eigenvalue weighted by atomic mass is 16.6. The number of methoxy groups -OCH3 is 5. The van der Waals surface area contributed by atoms with Gasteiger partial charge in [-0.15, -0.1) is 0 Å². The van der Waals surface area contributed by atoms with Crippen molar-refractivity contribution in [2.75, 3.05) is 35.5 Å². The molecule has 0 aromatic rings. The molecular formula is C16H34O5. The molecule has 0 rings (SSSR count). The topological polar surface area (TPSA) is 46.2 Å². The Bertz CT molecular complexity index is 233. The Hall–Kier alpha value is -0.200. The third-order valence-corrected chi connectivity index (χ3v) is 3.97. The van der Waals surface area contributed by atoms with Gasteiger partial charge in [-0.05, 0) is 11.8 Å². The third-order valence-electron chi connectivity index (χ3n) is 3.97. The van der Waals surface area contributed by atoms with Crippen LogP contribution < -0.4 is 0 Å². The van der Waals surface area contributed by atoms with E-state index in [9.17, 15) is 0 Å². The Morgan fingerprint density at radius 3 is 0.714 bits per heavy atom. The molecule has 4 unspecified atom stereocenters. The fraction of sp³-hybridized carbons (Fsp3) is 1.00. The van der Waals surface area contributed by atoms with Gasteiger partial charge in [0.25, 0.3) is 0 Å². The lowest BCUT2D eigenvalue weighted by atomic mass is 9.89. The van der Waals surface area contributed by atoms with Crippen molar-refractivity contribution in [1.29, 1.82) is 0 Å². The summed E-state index contributed by atoms with van der Waals surface area (Å²) < 4.78 is 28.3. The molecule has 4 atom stereocenters. The standard InChI is InChI=1S/C16H34O5/c1-10(2)12(17-5)14(19-7)16(21-9)15(20-8)13(18-6)11(3)4/h10-16H,1-9H3. The Morgan fingerprint density at radius 2 is 0.571 bits per heavy atom. The Labute approximate surface area is 130 Å². The van der Waals surface area contributed by atoms with Gasteiger partial charge in [0.2, 0.25) is 0 Å². The minimum Gasteiger partial charge on any atom is -0.378 e. The molecule has 0 N–H and O–H groups in total. The summed E-state index contributed by atoms with van der Waals surface area (Å²) in [4.78, 5) is 0. The maximum atomic E-state index is 5.71. The molecule has 0 saturated carbocycles. The summed E-state index contributed by atoms with van der Waals surface area (Å²) in [5.74, 6) is 0.602. The SMILES string of the molecule is COC(C(C)C)C(OC)C(OC)C(OC)C(OC)C(C)C. The summed E-state index contributed by atoms with van der Waals surface area (Å²) >= 11 is 0. The van der Waals surface area contributed by atoms with Crippen LogP contribution in [0.2, 0.25) is 0 Å². The second kappa shape index (κ2) is 10.5. The van der Waals surface area contributed by atoms with Gasteiger partial charge in [0.05, 0.1) is 12.2 Å². The van der Waals surface area contributed by atoms with Crippen LogP contribution in [0.1, 0.15) is 27.7 Å². The molecule has 5 nitrogen and oxygen atoms in total. The average Bonchev–Trinajstić information content (AvgIpc) is 2.44. The van der Waals surface area contributed by atoms with Crippen molar-refractivity contribution in [1.82, 2.24) is 0 Å². The first-order chi connectivity index (χ1) is 9.89. The van der Waals surface area contributed by atoms with Crippen LogP contribution >= 0.6 is 0 Å². The van der Waals surface area contributed by atoms with Crippen molar-refractivity contribution in [2.45, 2.75) is 58.2 Å². The molecule has 0 radical (unpaired) electrons. The highest BCUT2D eigenvalue weighted by Crippen LogP contribution is 2.25. The second-order valence-corrected chi connectivity index (χ2v) is 5.99. The van der Waals surface area contributed by atoms with Gasteiger partial charge in [0, 0.05) is 35.5 Å². The van der Waals surface area contributed by atoms with E-state index >= 15 is 0 Å². The van der Waals surface area contributed by atoms with Crippen LogP contribution in [0, 0.1) is 11.8 Å². The first-order valence-corrected chi connectivity index (χ1v) is 7.53. The lowest BCUT2D eigenvalue weighted by Crippen LogP contribution is -2.54. The van der Waals surface area contributed by atoms with Gasteiger partial charge in [-0.25, -0.2) is 0 Å². The summed E-state index contributed by atoms with van der Waals surface area (Å²) in [6, 6.07) is 0. The number of hydrogen-bond donors (Lipinski definition) is 0. The maximum absolute atomic E-state index is 5.71. The van der Waals surface area contributed by atoms with Crippen LogP contribution in [-0.2, 0) is 23.7 Å². The monoisotopic (exact) mass is 306 g/mol. The maximum Gasteiger partial charge on any atom is 0.114 e. The third kappa shape index (κ3) is 5.49. The average molecular weight is 306 g/mol. The first kappa shape index (κ1) is 20.8. The lowest BCUT2D eigenvalue weighted by molar-refractivity contribution is -0.186. The molecule has 0 aromatic carbocycles.